The summed E-state index contributed by atoms with van der Waals surface area (Å²) >= 11 is 1.58. The van der Waals surface area contributed by atoms with Gasteiger partial charge in [0.2, 0.25) is 11.8 Å². The van der Waals surface area contributed by atoms with Crippen LogP contribution in [0.25, 0.3) is 0 Å². The SMILES string of the molecule is Cc1nc(CNC2CC(=O)N(C)C2=O)cs1. The van der Waals surface area contributed by atoms with Crippen LogP contribution in [0.3, 0.4) is 0 Å². The van der Waals surface area contributed by atoms with Crippen molar-refractivity contribution in [3.05, 3.63) is 16.1 Å². The van der Waals surface area contributed by atoms with Crippen LogP contribution in [0.15, 0.2) is 5.38 Å². The average molecular weight is 239 g/mol. The predicted octanol–water partition coefficient (Wildman–Crippen LogP) is 0.298. The number of carbonyl (C=O) groups excluding carboxylic acids is 2. The van der Waals surface area contributed by atoms with Crippen LogP contribution in [0, 0.1) is 6.92 Å². The molecule has 1 N–H and O–H groups in total. The quantitative estimate of drug-likeness (QED) is 0.771. The highest BCUT2D eigenvalue weighted by molar-refractivity contribution is 7.09. The van der Waals surface area contributed by atoms with Crippen LogP contribution < -0.4 is 5.32 Å². The van der Waals surface area contributed by atoms with Gasteiger partial charge in [-0.2, -0.15) is 0 Å². The lowest BCUT2D eigenvalue weighted by Gasteiger charge is -2.09. The third-order valence-corrected chi connectivity index (χ3v) is 3.40. The molecule has 1 fully saturated rings. The fraction of sp³-hybridized carbons (Fsp3) is 0.500. The monoisotopic (exact) mass is 239 g/mol. The Kier molecular flexibility index (Phi) is 3.02. The van der Waals surface area contributed by atoms with E-state index in [1.54, 1.807) is 11.3 Å². The van der Waals surface area contributed by atoms with E-state index in [0.29, 0.717) is 6.54 Å². The zero-order valence-electron chi connectivity index (χ0n) is 9.19. The first-order chi connectivity index (χ1) is 7.58. The molecule has 16 heavy (non-hydrogen) atoms. The van der Waals surface area contributed by atoms with Crippen LogP contribution in [0.2, 0.25) is 0 Å². The number of carbonyl (C=O) groups is 2. The summed E-state index contributed by atoms with van der Waals surface area (Å²) < 4.78 is 0. The van der Waals surface area contributed by atoms with Crippen molar-refractivity contribution in [2.75, 3.05) is 7.05 Å². The molecule has 1 aliphatic heterocycles. The van der Waals surface area contributed by atoms with Crippen molar-refractivity contribution < 1.29 is 9.59 Å². The molecule has 86 valence electrons. The first-order valence-electron chi connectivity index (χ1n) is 5.02. The van der Waals surface area contributed by atoms with Gasteiger partial charge in [-0.3, -0.25) is 19.8 Å². The minimum absolute atomic E-state index is 0.128. The lowest BCUT2D eigenvalue weighted by molar-refractivity contribution is -0.137. The van der Waals surface area contributed by atoms with Crippen molar-refractivity contribution in [2.24, 2.45) is 0 Å². The molecule has 1 aromatic rings. The molecule has 0 radical (unpaired) electrons. The highest BCUT2D eigenvalue weighted by atomic mass is 32.1. The number of thiazole rings is 1. The molecule has 2 amide bonds. The summed E-state index contributed by atoms with van der Waals surface area (Å²) in [4.78, 5) is 28.3. The third kappa shape index (κ3) is 2.12. The van der Waals surface area contributed by atoms with Gasteiger partial charge in [0.25, 0.3) is 0 Å². The number of hydrogen-bond donors (Lipinski definition) is 1. The summed E-state index contributed by atoms with van der Waals surface area (Å²) in [5.74, 6) is -0.283. The molecule has 5 nitrogen and oxygen atoms in total. The smallest absolute Gasteiger partial charge is 0.246 e. The van der Waals surface area contributed by atoms with Gasteiger partial charge in [-0.1, -0.05) is 0 Å². The fourth-order valence-corrected chi connectivity index (χ4v) is 2.24. The number of amides is 2. The molecule has 2 heterocycles. The molecular formula is C10H13N3O2S. The lowest BCUT2D eigenvalue weighted by atomic mass is 10.2. The number of nitrogens with one attached hydrogen (secondary N) is 1. The standard InChI is InChI=1S/C10H13N3O2S/c1-6-12-7(5-16-6)4-11-8-3-9(14)13(2)10(8)15/h5,8,11H,3-4H2,1-2H3. The van der Waals surface area contributed by atoms with Crippen LogP contribution in [0.1, 0.15) is 17.1 Å². The van der Waals surface area contributed by atoms with Gasteiger partial charge in [-0.25, -0.2) is 4.98 Å². The zero-order valence-corrected chi connectivity index (χ0v) is 10.0. The van der Waals surface area contributed by atoms with Crippen LogP contribution in [0.5, 0.6) is 0 Å². The first-order valence-corrected chi connectivity index (χ1v) is 5.90. The molecule has 0 aliphatic carbocycles. The third-order valence-electron chi connectivity index (χ3n) is 2.58. The number of imide groups is 1. The Morgan fingerprint density at radius 2 is 2.38 bits per heavy atom. The van der Waals surface area contributed by atoms with Crippen molar-refractivity contribution in [3.63, 3.8) is 0 Å². The Hall–Kier alpha value is -1.27. The maximum absolute atomic E-state index is 11.6. The van der Waals surface area contributed by atoms with Crippen LogP contribution in [0.4, 0.5) is 0 Å². The Balaban J connectivity index is 1.92. The van der Waals surface area contributed by atoms with Crippen LogP contribution in [-0.4, -0.2) is 34.8 Å². The number of aryl methyl sites for hydroxylation is 1. The van der Waals surface area contributed by atoms with Gasteiger partial charge in [0.1, 0.15) is 0 Å². The molecule has 0 aromatic carbocycles. The number of aromatic nitrogens is 1. The molecule has 1 aliphatic rings. The number of likely N-dealkylation sites (tertiary alicyclic amines) is 1. The maximum Gasteiger partial charge on any atom is 0.246 e. The molecule has 1 aromatic heterocycles. The number of nitrogens with zero attached hydrogens (tertiary/aromatic N) is 2. The van der Waals surface area contributed by atoms with Gasteiger partial charge in [0.15, 0.2) is 0 Å². The average Bonchev–Trinajstić information content (AvgIpc) is 2.76. The van der Waals surface area contributed by atoms with Gasteiger partial charge in [-0.15, -0.1) is 11.3 Å². The Bertz CT molecular complexity index is 429. The van der Waals surface area contributed by atoms with E-state index in [9.17, 15) is 9.59 Å². The van der Waals surface area contributed by atoms with E-state index in [-0.39, 0.29) is 24.3 Å². The summed E-state index contributed by atoms with van der Waals surface area (Å²) in [6, 6.07) is -0.389. The van der Waals surface area contributed by atoms with Crippen molar-refractivity contribution in [3.8, 4) is 0 Å². The van der Waals surface area contributed by atoms with Gasteiger partial charge in [0, 0.05) is 19.0 Å². The highest BCUT2D eigenvalue weighted by Crippen LogP contribution is 2.12. The van der Waals surface area contributed by atoms with Crippen LogP contribution in [-0.2, 0) is 16.1 Å². The summed E-state index contributed by atoms with van der Waals surface area (Å²) in [7, 11) is 1.51. The molecule has 0 saturated carbocycles. The molecule has 1 unspecified atom stereocenters. The molecule has 2 rings (SSSR count). The van der Waals surface area contributed by atoms with Crippen LogP contribution >= 0.6 is 11.3 Å². The Labute approximate surface area is 97.5 Å². The molecule has 1 atom stereocenters. The van der Waals surface area contributed by atoms with Gasteiger partial charge < -0.3 is 0 Å². The summed E-state index contributed by atoms with van der Waals surface area (Å²) in [5.41, 5.74) is 0.914. The largest absolute Gasteiger partial charge is 0.300 e. The normalized spacial score (nSPS) is 20.9. The maximum atomic E-state index is 11.6. The topological polar surface area (TPSA) is 62.3 Å². The fourth-order valence-electron chi connectivity index (χ4n) is 1.63. The van der Waals surface area contributed by atoms with E-state index in [0.717, 1.165) is 10.7 Å². The van der Waals surface area contributed by atoms with Crippen molar-refractivity contribution >= 4 is 23.2 Å². The van der Waals surface area contributed by atoms with Gasteiger partial charge >= 0.3 is 0 Å². The lowest BCUT2D eigenvalue weighted by Crippen LogP contribution is -2.36. The van der Waals surface area contributed by atoms with E-state index < -0.39 is 0 Å². The van der Waals surface area contributed by atoms with Gasteiger partial charge in [0.05, 0.1) is 23.2 Å². The van der Waals surface area contributed by atoms with Gasteiger partial charge in [-0.05, 0) is 6.92 Å². The zero-order chi connectivity index (χ0) is 11.7. The number of hydrogen-bond acceptors (Lipinski definition) is 5. The summed E-state index contributed by atoms with van der Waals surface area (Å²) in [5, 5.41) is 6.01. The molecule has 6 heteroatoms. The second-order valence-corrected chi connectivity index (χ2v) is 4.85. The Morgan fingerprint density at radius 3 is 2.88 bits per heavy atom. The molecule has 0 spiro atoms. The molecular weight excluding hydrogens is 226 g/mol. The van der Waals surface area contributed by atoms with E-state index in [2.05, 4.69) is 10.3 Å². The summed E-state index contributed by atoms with van der Waals surface area (Å²) in [6.45, 7) is 2.47. The Morgan fingerprint density at radius 1 is 1.62 bits per heavy atom. The van der Waals surface area contributed by atoms with E-state index in [1.165, 1.54) is 11.9 Å². The van der Waals surface area contributed by atoms with E-state index in [1.807, 2.05) is 12.3 Å². The number of rotatable bonds is 3. The predicted molar refractivity (Wildman–Crippen MR) is 59.9 cm³/mol. The minimum atomic E-state index is -0.389. The molecule has 1 saturated heterocycles. The van der Waals surface area contributed by atoms with Crippen molar-refractivity contribution in [1.29, 1.82) is 0 Å². The van der Waals surface area contributed by atoms with Crippen molar-refractivity contribution in [1.82, 2.24) is 15.2 Å². The minimum Gasteiger partial charge on any atom is -0.300 e. The second kappa shape index (κ2) is 4.31. The number of likely N-dealkylation sites (N-methyl/N-ethyl adjacent to an activating group) is 1. The van der Waals surface area contributed by atoms with E-state index >= 15 is 0 Å². The van der Waals surface area contributed by atoms with E-state index in [4.69, 9.17) is 0 Å². The highest BCUT2D eigenvalue weighted by Gasteiger charge is 2.35. The summed E-state index contributed by atoms with van der Waals surface area (Å²) in [6.07, 6.45) is 0.248. The first kappa shape index (κ1) is 11.2. The molecule has 0 bridgehead atoms. The second-order valence-electron chi connectivity index (χ2n) is 3.79. The van der Waals surface area contributed by atoms with Crippen molar-refractivity contribution in [2.45, 2.75) is 25.9 Å².